The standard InChI is InChI=1S/C12H21N5O3S/c1-12(2,3)16-11(18)5-7-15-21(19,20)9-4-6-14-10(8-9)17-13/h4,6,8,15H,5,7,13H2,1-3H3,(H,14,17)(H,16,18). The third-order valence-electron chi connectivity index (χ3n) is 2.35. The van der Waals surface area contributed by atoms with Crippen molar-refractivity contribution in [3.05, 3.63) is 18.3 Å². The normalized spacial score (nSPS) is 12.0. The third kappa shape index (κ3) is 6.06. The Kier molecular flexibility index (Phi) is 5.64. The van der Waals surface area contributed by atoms with Gasteiger partial charge in [-0.15, -0.1) is 0 Å². The second-order valence-corrected chi connectivity index (χ2v) is 7.23. The number of carbonyl (C=O) groups excluding carboxylic acids is 1. The molecule has 9 heteroatoms. The van der Waals surface area contributed by atoms with Gasteiger partial charge in [0.15, 0.2) is 0 Å². The van der Waals surface area contributed by atoms with Crippen molar-refractivity contribution in [2.24, 2.45) is 5.84 Å². The van der Waals surface area contributed by atoms with E-state index in [0.29, 0.717) is 0 Å². The fourth-order valence-corrected chi connectivity index (χ4v) is 2.56. The largest absolute Gasteiger partial charge is 0.351 e. The van der Waals surface area contributed by atoms with Crippen LogP contribution in [0.25, 0.3) is 0 Å². The van der Waals surface area contributed by atoms with Crippen molar-refractivity contribution >= 4 is 21.7 Å². The van der Waals surface area contributed by atoms with E-state index in [1.807, 2.05) is 20.8 Å². The first-order valence-corrected chi connectivity index (χ1v) is 7.86. The quantitative estimate of drug-likeness (QED) is 0.431. The topological polar surface area (TPSA) is 126 Å². The molecule has 0 saturated carbocycles. The number of hydrogen-bond donors (Lipinski definition) is 4. The summed E-state index contributed by atoms with van der Waals surface area (Å²) in [5.41, 5.74) is 1.93. The summed E-state index contributed by atoms with van der Waals surface area (Å²) in [5.74, 6) is 5.20. The summed E-state index contributed by atoms with van der Waals surface area (Å²) in [5, 5.41) is 2.75. The second-order valence-electron chi connectivity index (χ2n) is 5.47. The SMILES string of the molecule is CC(C)(C)NC(=O)CCNS(=O)(=O)c1ccnc(NN)c1. The molecule has 1 aromatic heterocycles. The van der Waals surface area contributed by atoms with Crippen LogP contribution in [-0.2, 0) is 14.8 Å². The molecule has 0 aliphatic carbocycles. The van der Waals surface area contributed by atoms with Gasteiger partial charge in [0.05, 0.1) is 4.90 Å². The third-order valence-corrected chi connectivity index (χ3v) is 3.81. The number of sulfonamides is 1. The highest BCUT2D eigenvalue weighted by Crippen LogP contribution is 2.11. The molecule has 1 heterocycles. The number of hydrogen-bond acceptors (Lipinski definition) is 6. The molecule has 0 aromatic carbocycles. The van der Waals surface area contributed by atoms with Crippen LogP contribution >= 0.6 is 0 Å². The molecule has 0 saturated heterocycles. The fraction of sp³-hybridized carbons (Fsp3) is 0.500. The number of nitrogens with zero attached hydrogens (tertiary/aromatic N) is 1. The summed E-state index contributed by atoms with van der Waals surface area (Å²) >= 11 is 0. The Balaban J connectivity index is 2.59. The number of carbonyl (C=O) groups is 1. The number of pyridine rings is 1. The highest BCUT2D eigenvalue weighted by molar-refractivity contribution is 7.89. The Morgan fingerprint density at radius 3 is 2.62 bits per heavy atom. The molecule has 0 bridgehead atoms. The van der Waals surface area contributed by atoms with Crippen LogP contribution < -0.4 is 21.3 Å². The zero-order chi connectivity index (χ0) is 16.1. The van der Waals surface area contributed by atoms with Crippen LogP contribution in [0.4, 0.5) is 5.82 Å². The van der Waals surface area contributed by atoms with Crippen LogP contribution in [0.3, 0.4) is 0 Å². The lowest BCUT2D eigenvalue weighted by molar-refractivity contribution is -0.122. The fourth-order valence-electron chi connectivity index (χ4n) is 1.52. The van der Waals surface area contributed by atoms with E-state index in [0.717, 1.165) is 0 Å². The van der Waals surface area contributed by atoms with E-state index < -0.39 is 10.0 Å². The number of hydrazine groups is 1. The van der Waals surface area contributed by atoms with E-state index in [9.17, 15) is 13.2 Å². The van der Waals surface area contributed by atoms with Gasteiger partial charge >= 0.3 is 0 Å². The minimum absolute atomic E-state index is 0.0119. The molecule has 0 fully saturated rings. The first-order chi connectivity index (χ1) is 9.64. The predicted octanol–water partition coefficient (Wildman–Crippen LogP) is -0.0497. The van der Waals surface area contributed by atoms with Crippen molar-refractivity contribution < 1.29 is 13.2 Å². The molecule has 8 nitrogen and oxygen atoms in total. The minimum atomic E-state index is -3.70. The van der Waals surface area contributed by atoms with Crippen molar-refractivity contribution in [2.75, 3.05) is 12.0 Å². The Labute approximate surface area is 124 Å². The molecule has 21 heavy (non-hydrogen) atoms. The maximum atomic E-state index is 12.0. The summed E-state index contributed by atoms with van der Waals surface area (Å²) in [6, 6.07) is 2.65. The van der Waals surface area contributed by atoms with Gasteiger partial charge in [-0.25, -0.2) is 24.0 Å². The molecule has 118 valence electrons. The molecular weight excluding hydrogens is 294 g/mol. The van der Waals surface area contributed by atoms with Gasteiger partial charge in [-0.2, -0.15) is 0 Å². The van der Waals surface area contributed by atoms with Crippen LogP contribution in [0.1, 0.15) is 27.2 Å². The Hall–Kier alpha value is -1.71. The molecule has 0 aliphatic heterocycles. The predicted molar refractivity (Wildman–Crippen MR) is 79.7 cm³/mol. The molecule has 0 aliphatic rings. The Morgan fingerprint density at radius 2 is 2.05 bits per heavy atom. The van der Waals surface area contributed by atoms with Gasteiger partial charge in [0.2, 0.25) is 15.9 Å². The van der Waals surface area contributed by atoms with Gasteiger partial charge in [0, 0.05) is 30.8 Å². The van der Waals surface area contributed by atoms with E-state index in [1.165, 1.54) is 18.3 Å². The van der Waals surface area contributed by atoms with Crippen molar-refractivity contribution in [3.8, 4) is 0 Å². The summed E-state index contributed by atoms with van der Waals surface area (Å²) in [7, 11) is -3.70. The van der Waals surface area contributed by atoms with Crippen molar-refractivity contribution in [1.82, 2.24) is 15.0 Å². The Bertz CT molecular complexity index is 595. The molecule has 0 unspecified atom stereocenters. The highest BCUT2D eigenvalue weighted by atomic mass is 32.2. The average molecular weight is 315 g/mol. The lowest BCUT2D eigenvalue weighted by atomic mass is 10.1. The summed E-state index contributed by atoms with van der Waals surface area (Å²) in [4.78, 5) is 15.5. The summed E-state index contributed by atoms with van der Waals surface area (Å²) in [6.07, 6.45) is 1.39. The van der Waals surface area contributed by atoms with Gasteiger partial charge in [-0.3, -0.25) is 4.79 Å². The zero-order valence-electron chi connectivity index (χ0n) is 12.3. The van der Waals surface area contributed by atoms with Crippen molar-refractivity contribution in [3.63, 3.8) is 0 Å². The zero-order valence-corrected chi connectivity index (χ0v) is 13.1. The van der Waals surface area contributed by atoms with Crippen LogP contribution in [0.5, 0.6) is 0 Å². The lowest BCUT2D eigenvalue weighted by Crippen LogP contribution is -2.41. The number of rotatable bonds is 6. The van der Waals surface area contributed by atoms with E-state index in [4.69, 9.17) is 5.84 Å². The number of aromatic nitrogens is 1. The number of nitrogens with two attached hydrogens (primary N) is 1. The van der Waals surface area contributed by atoms with Gasteiger partial charge in [0.25, 0.3) is 0 Å². The van der Waals surface area contributed by atoms with Crippen LogP contribution in [-0.4, -0.2) is 31.4 Å². The minimum Gasteiger partial charge on any atom is -0.351 e. The number of anilines is 1. The number of nitrogens with one attached hydrogen (secondary N) is 3. The monoisotopic (exact) mass is 315 g/mol. The first kappa shape index (κ1) is 17.3. The molecule has 0 radical (unpaired) electrons. The van der Waals surface area contributed by atoms with E-state index in [1.54, 1.807) is 0 Å². The van der Waals surface area contributed by atoms with Gasteiger partial charge < -0.3 is 10.7 Å². The Morgan fingerprint density at radius 1 is 1.38 bits per heavy atom. The summed E-state index contributed by atoms with van der Waals surface area (Å²) in [6.45, 7) is 5.58. The molecule has 1 rings (SSSR count). The second kappa shape index (κ2) is 6.83. The average Bonchev–Trinajstić information content (AvgIpc) is 2.36. The molecular formula is C12H21N5O3S. The summed E-state index contributed by atoms with van der Waals surface area (Å²) < 4.78 is 26.4. The molecule has 5 N–H and O–H groups in total. The van der Waals surface area contributed by atoms with Crippen molar-refractivity contribution in [1.29, 1.82) is 0 Å². The maximum absolute atomic E-state index is 12.0. The molecule has 0 atom stereocenters. The molecule has 0 spiro atoms. The molecule has 1 amide bonds. The van der Waals surface area contributed by atoms with Crippen molar-refractivity contribution in [2.45, 2.75) is 37.6 Å². The van der Waals surface area contributed by atoms with Crippen LogP contribution in [0.2, 0.25) is 0 Å². The number of amides is 1. The first-order valence-electron chi connectivity index (χ1n) is 6.37. The van der Waals surface area contributed by atoms with E-state index in [-0.39, 0.29) is 35.1 Å². The number of nitrogen functional groups attached to an aromatic ring is 1. The smallest absolute Gasteiger partial charge is 0.240 e. The van der Waals surface area contributed by atoms with E-state index >= 15 is 0 Å². The van der Waals surface area contributed by atoms with Crippen LogP contribution in [0.15, 0.2) is 23.2 Å². The van der Waals surface area contributed by atoms with Crippen LogP contribution in [0, 0.1) is 0 Å². The van der Waals surface area contributed by atoms with E-state index in [2.05, 4.69) is 20.4 Å². The van der Waals surface area contributed by atoms with Gasteiger partial charge in [-0.1, -0.05) is 0 Å². The van der Waals surface area contributed by atoms with Gasteiger partial charge in [-0.05, 0) is 26.8 Å². The maximum Gasteiger partial charge on any atom is 0.240 e. The molecule has 1 aromatic rings. The lowest BCUT2D eigenvalue weighted by Gasteiger charge is -2.20. The highest BCUT2D eigenvalue weighted by Gasteiger charge is 2.17. The van der Waals surface area contributed by atoms with Gasteiger partial charge in [0.1, 0.15) is 5.82 Å².